The predicted octanol–water partition coefficient (Wildman–Crippen LogP) is 1.47. The van der Waals surface area contributed by atoms with Gasteiger partial charge in [-0.3, -0.25) is 0 Å². The van der Waals surface area contributed by atoms with E-state index in [0.717, 1.165) is 19.6 Å². The Morgan fingerprint density at radius 3 is 2.41 bits per heavy atom. The first-order chi connectivity index (χ1) is 8.22. The van der Waals surface area contributed by atoms with Crippen molar-refractivity contribution in [2.45, 2.75) is 24.5 Å². The van der Waals surface area contributed by atoms with E-state index in [0.29, 0.717) is 6.54 Å². The number of nitrogens with one attached hydrogen (secondary N) is 2. The molecule has 1 rings (SSSR count). The van der Waals surface area contributed by atoms with Crippen molar-refractivity contribution in [1.82, 2.24) is 10.6 Å². The molecule has 0 radical (unpaired) electrons. The van der Waals surface area contributed by atoms with Crippen LogP contribution in [0, 0.1) is 0 Å². The minimum absolute atomic E-state index is 0.269. The molecular formula is C13H22N2OS. The Labute approximate surface area is 108 Å². The largest absolute Gasteiger partial charge is 0.392 e. The molecule has 1 atom stereocenters. The van der Waals surface area contributed by atoms with Crippen LogP contribution in [0.2, 0.25) is 0 Å². The number of aliphatic hydroxyl groups is 1. The van der Waals surface area contributed by atoms with Crippen molar-refractivity contribution in [3.8, 4) is 0 Å². The minimum Gasteiger partial charge on any atom is -0.392 e. The summed E-state index contributed by atoms with van der Waals surface area (Å²) in [6.45, 7) is 5.13. The highest BCUT2D eigenvalue weighted by Gasteiger charge is 1.95. The summed E-state index contributed by atoms with van der Waals surface area (Å²) in [7, 11) is 0. The van der Waals surface area contributed by atoms with Gasteiger partial charge in [0.15, 0.2) is 0 Å². The van der Waals surface area contributed by atoms with Crippen molar-refractivity contribution >= 4 is 11.8 Å². The molecule has 1 aromatic carbocycles. The van der Waals surface area contributed by atoms with E-state index in [9.17, 15) is 0 Å². The molecule has 0 amide bonds. The highest BCUT2D eigenvalue weighted by Crippen LogP contribution is 2.14. The number of aliphatic hydroxyl groups excluding tert-OH is 1. The average Bonchev–Trinajstić information content (AvgIpc) is 2.34. The monoisotopic (exact) mass is 254 g/mol. The highest BCUT2D eigenvalue weighted by atomic mass is 32.2. The first-order valence-corrected chi connectivity index (χ1v) is 7.17. The van der Waals surface area contributed by atoms with Gasteiger partial charge < -0.3 is 15.7 Å². The summed E-state index contributed by atoms with van der Waals surface area (Å²) in [6, 6.07) is 8.60. The van der Waals surface area contributed by atoms with Gasteiger partial charge in [-0.05, 0) is 30.9 Å². The smallest absolute Gasteiger partial charge is 0.0636 e. The third-order valence-electron chi connectivity index (χ3n) is 2.41. The number of hydrogen-bond donors (Lipinski definition) is 3. The fourth-order valence-corrected chi connectivity index (χ4v) is 1.87. The van der Waals surface area contributed by atoms with Crippen LogP contribution in [0.3, 0.4) is 0 Å². The maximum atomic E-state index is 9.05. The summed E-state index contributed by atoms with van der Waals surface area (Å²) in [5.74, 6) is 0. The van der Waals surface area contributed by atoms with Crippen LogP contribution in [0.1, 0.15) is 12.5 Å². The highest BCUT2D eigenvalue weighted by molar-refractivity contribution is 7.98. The fraction of sp³-hybridized carbons (Fsp3) is 0.538. The molecule has 0 saturated carbocycles. The van der Waals surface area contributed by atoms with E-state index >= 15 is 0 Å². The zero-order valence-corrected chi connectivity index (χ0v) is 11.4. The van der Waals surface area contributed by atoms with E-state index < -0.39 is 0 Å². The van der Waals surface area contributed by atoms with Gasteiger partial charge in [0.05, 0.1) is 6.10 Å². The lowest BCUT2D eigenvalue weighted by molar-refractivity contribution is 0.191. The standard InChI is InChI=1S/C13H22N2OS/c1-11(16)9-14-7-8-15-10-12-3-5-13(17-2)6-4-12/h3-6,11,14-16H,7-10H2,1-2H3. The van der Waals surface area contributed by atoms with E-state index in [1.54, 1.807) is 18.7 Å². The van der Waals surface area contributed by atoms with Crippen molar-refractivity contribution < 1.29 is 5.11 Å². The van der Waals surface area contributed by atoms with Crippen LogP contribution in [0.5, 0.6) is 0 Å². The van der Waals surface area contributed by atoms with Crippen molar-refractivity contribution in [1.29, 1.82) is 0 Å². The van der Waals surface area contributed by atoms with Gasteiger partial charge in [-0.15, -0.1) is 11.8 Å². The molecule has 0 bridgehead atoms. The average molecular weight is 254 g/mol. The van der Waals surface area contributed by atoms with E-state index in [4.69, 9.17) is 5.11 Å². The van der Waals surface area contributed by atoms with Crippen LogP contribution in [-0.2, 0) is 6.54 Å². The zero-order valence-electron chi connectivity index (χ0n) is 10.6. The van der Waals surface area contributed by atoms with E-state index in [1.807, 2.05) is 0 Å². The molecular weight excluding hydrogens is 232 g/mol. The SMILES string of the molecule is CSc1ccc(CNCCNCC(C)O)cc1. The maximum absolute atomic E-state index is 9.05. The van der Waals surface area contributed by atoms with E-state index in [-0.39, 0.29) is 6.10 Å². The van der Waals surface area contributed by atoms with Gasteiger partial charge in [0, 0.05) is 31.1 Å². The van der Waals surface area contributed by atoms with Crippen LogP contribution >= 0.6 is 11.8 Å². The lowest BCUT2D eigenvalue weighted by Gasteiger charge is -2.08. The Bertz CT molecular complexity index is 301. The molecule has 0 aliphatic carbocycles. The number of benzene rings is 1. The molecule has 1 unspecified atom stereocenters. The van der Waals surface area contributed by atoms with Crippen LogP contribution in [0.25, 0.3) is 0 Å². The first-order valence-electron chi connectivity index (χ1n) is 5.95. The Hall–Kier alpha value is -0.550. The molecule has 96 valence electrons. The molecule has 0 aliphatic heterocycles. The lowest BCUT2D eigenvalue weighted by atomic mass is 10.2. The number of thioether (sulfide) groups is 1. The number of rotatable bonds is 8. The van der Waals surface area contributed by atoms with Crippen LogP contribution < -0.4 is 10.6 Å². The Kier molecular flexibility index (Phi) is 7.28. The van der Waals surface area contributed by atoms with Gasteiger partial charge in [-0.25, -0.2) is 0 Å². The molecule has 3 N–H and O–H groups in total. The molecule has 1 aromatic rings. The molecule has 4 heteroatoms. The summed E-state index contributed by atoms with van der Waals surface area (Å²) < 4.78 is 0. The molecule has 3 nitrogen and oxygen atoms in total. The second kappa shape index (κ2) is 8.53. The second-order valence-corrected chi connectivity index (χ2v) is 4.96. The molecule has 0 aromatic heterocycles. The quantitative estimate of drug-likeness (QED) is 0.485. The van der Waals surface area contributed by atoms with Crippen LogP contribution in [-0.4, -0.2) is 37.1 Å². The number of hydrogen-bond acceptors (Lipinski definition) is 4. The minimum atomic E-state index is -0.269. The maximum Gasteiger partial charge on any atom is 0.0636 e. The topological polar surface area (TPSA) is 44.3 Å². The molecule has 17 heavy (non-hydrogen) atoms. The van der Waals surface area contributed by atoms with Gasteiger partial charge in [0.25, 0.3) is 0 Å². The van der Waals surface area contributed by atoms with Crippen molar-refractivity contribution in [3.05, 3.63) is 29.8 Å². The van der Waals surface area contributed by atoms with E-state index in [1.165, 1.54) is 10.5 Å². The van der Waals surface area contributed by atoms with Crippen LogP contribution in [0.15, 0.2) is 29.2 Å². The molecule has 0 spiro atoms. The van der Waals surface area contributed by atoms with Gasteiger partial charge in [0.2, 0.25) is 0 Å². The summed E-state index contributed by atoms with van der Waals surface area (Å²) in [5.41, 5.74) is 1.30. The third kappa shape index (κ3) is 6.68. The summed E-state index contributed by atoms with van der Waals surface area (Å²) >= 11 is 1.76. The second-order valence-electron chi connectivity index (χ2n) is 4.08. The molecule has 0 heterocycles. The summed E-state index contributed by atoms with van der Waals surface area (Å²) in [6.07, 6.45) is 1.82. The van der Waals surface area contributed by atoms with Gasteiger partial charge in [-0.2, -0.15) is 0 Å². The Balaban J connectivity index is 2.09. The normalized spacial score (nSPS) is 12.6. The third-order valence-corrected chi connectivity index (χ3v) is 3.15. The Morgan fingerprint density at radius 2 is 1.82 bits per heavy atom. The van der Waals surface area contributed by atoms with Gasteiger partial charge in [0.1, 0.15) is 0 Å². The van der Waals surface area contributed by atoms with Crippen molar-refractivity contribution in [2.75, 3.05) is 25.9 Å². The van der Waals surface area contributed by atoms with Crippen molar-refractivity contribution in [3.63, 3.8) is 0 Å². The van der Waals surface area contributed by atoms with Gasteiger partial charge >= 0.3 is 0 Å². The molecule has 0 saturated heterocycles. The zero-order chi connectivity index (χ0) is 12.5. The molecule has 0 aliphatic rings. The first kappa shape index (κ1) is 14.5. The van der Waals surface area contributed by atoms with Crippen LogP contribution in [0.4, 0.5) is 0 Å². The predicted molar refractivity (Wildman–Crippen MR) is 74.5 cm³/mol. The van der Waals surface area contributed by atoms with Crippen molar-refractivity contribution in [2.24, 2.45) is 0 Å². The summed E-state index contributed by atoms with van der Waals surface area (Å²) in [5, 5.41) is 15.6. The lowest BCUT2D eigenvalue weighted by Crippen LogP contribution is -2.31. The van der Waals surface area contributed by atoms with E-state index in [2.05, 4.69) is 41.2 Å². The summed E-state index contributed by atoms with van der Waals surface area (Å²) in [4.78, 5) is 1.30. The Morgan fingerprint density at radius 1 is 1.18 bits per heavy atom. The fourth-order valence-electron chi connectivity index (χ4n) is 1.46. The van der Waals surface area contributed by atoms with Gasteiger partial charge in [-0.1, -0.05) is 12.1 Å². The molecule has 0 fully saturated rings.